The summed E-state index contributed by atoms with van der Waals surface area (Å²) in [6, 6.07) is 4.90. The quantitative estimate of drug-likeness (QED) is 0.684. The number of halogens is 1. The van der Waals surface area contributed by atoms with Crippen molar-refractivity contribution >= 4 is 0 Å². The van der Waals surface area contributed by atoms with Crippen LogP contribution in [0.5, 0.6) is 0 Å². The number of benzene rings is 1. The van der Waals surface area contributed by atoms with E-state index in [4.69, 9.17) is 0 Å². The van der Waals surface area contributed by atoms with Gasteiger partial charge in [0.2, 0.25) is 6.33 Å². The molecule has 0 amide bonds. The lowest BCUT2D eigenvalue weighted by Gasteiger charge is -2.00. The first kappa shape index (κ1) is 8.74. The van der Waals surface area contributed by atoms with Crippen LogP contribution in [0.3, 0.4) is 0 Å². The molecule has 0 aliphatic heterocycles. The highest BCUT2D eigenvalue weighted by Crippen LogP contribution is 2.18. The van der Waals surface area contributed by atoms with Crippen LogP contribution in [-0.4, -0.2) is 15.0 Å². The molecule has 0 aliphatic carbocycles. The average molecular weight is 188 g/mol. The molecule has 0 spiro atoms. The molecule has 0 saturated carbocycles. The topological polar surface area (TPSA) is 38.7 Å². The van der Waals surface area contributed by atoms with Crippen LogP contribution in [-0.2, 0) is 0 Å². The van der Waals surface area contributed by atoms with E-state index in [1.165, 1.54) is 12.4 Å². The summed E-state index contributed by atoms with van der Waals surface area (Å²) in [5.41, 5.74) is 1.23. The molecular formula is C10H7FN3. The Balaban J connectivity index is 2.53. The normalized spacial score (nSPS) is 10.1. The summed E-state index contributed by atoms with van der Waals surface area (Å²) >= 11 is 0. The van der Waals surface area contributed by atoms with Crippen molar-refractivity contribution in [1.82, 2.24) is 15.0 Å². The van der Waals surface area contributed by atoms with E-state index in [1.807, 2.05) is 13.0 Å². The number of hydrogen-bond donors (Lipinski definition) is 0. The lowest BCUT2D eigenvalue weighted by atomic mass is 10.1. The maximum atomic E-state index is 13.4. The summed E-state index contributed by atoms with van der Waals surface area (Å²) in [6.07, 6.45) is 3.67. The molecule has 0 aliphatic rings. The third-order valence-electron chi connectivity index (χ3n) is 1.82. The monoisotopic (exact) mass is 188 g/mol. The first-order valence-corrected chi connectivity index (χ1v) is 4.09. The predicted octanol–water partition coefficient (Wildman–Crippen LogP) is 1.79. The van der Waals surface area contributed by atoms with Crippen LogP contribution in [0.1, 0.15) is 5.56 Å². The molecule has 1 aromatic heterocycles. The average Bonchev–Trinajstić information content (AvgIpc) is 2.19. The molecular weight excluding hydrogens is 181 g/mol. The van der Waals surface area contributed by atoms with Crippen LogP contribution in [0, 0.1) is 19.1 Å². The summed E-state index contributed by atoms with van der Waals surface area (Å²) in [5, 5.41) is 0. The van der Waals surface area contributed by atoms with Crippen LogP contribution in [0.4, 0.5) is 4.39 Å². The Kier molecular flexibility index (Phi) is 2.18. The van der Waals surface area contributed by atoms with Crippen LogP contribution in [0.25, 0.3) is 11.4 Å². The molecule has 1 radical (unpaired) electrons. The molecule has 3 nitrogen and oxygen atoms in total. The van der Waals surface area contributed by atoms with Crippen LogP contribution in [0.2, 0.25) is 0 Å². The summed E-state index contributed by atoms with van der Waals surface area (Å²) in [4.78, 5) is 11.1. The van der Waals surface area contributed by atoms with Crippen LogP contribution < -0.4 is 0 Å². The standard InChI is InChI=1S/C10H7FN3/c1-7-2-3-8(9(11)4-7)10-13-5-12-6-14-10/h2-5H,1H3. The van der Waals surface area contributed by atoms with Crippen LogP contribution >= 0.6 is 0 Å². The van der Waals surface area contributed by atoms with Crippen molar-refractivity contribution in [2.45, 2.75) is 6.92 Å². The smallest absolute Gasteiger partial charge is 0.201 e. The lowest BCUT2D eigenvalue weighted by molar-refractivity contribution is 0.628. The first-order chi connectivity index (χ1) is 6.77. The Labute approximate surface area is 80.7 Å². The molecule has 14 heavy (non-hydrogen) atoms. The van der Waals surface area contributed by atoms with Gasteiger partial charge in [0.05, 0.1) is 5.56 Å². The predicted molar refractivity (Wildman–Crippen MR) is 48.8 cm³/mol. The summed E-state index contributed by atoms with van der Waals surface area (Å²) in [6.45, 7) is 1.83. The second-order valence-electron chi connectivity index (χ2n) is 2.89. The Hall–Kier alpha value is -1.84. The van der Waals surface area contributed by atoms with Gasteiger partial charge in [-0.15, -0.1) is 0 Å². The molecule has 0 N–H and O–H groups in total. The molecule has 0 unspecified atom stereocenters. The van der Waals surface area contributed by atoms with Gasteiger partial charge in [0, 0.05) is 0 Å². The van der Waals surface area contributed by atoms with Gasteiger partial charge in [0.1, 0.15) is 12.1 Å². The van der Waals surface area contributed by atoms with Gasteiger partial charge in [0.15, 0.2) is 5.82 Å². The number of aromatic nitrogens is 3. The molecule has 2 aromatic rings. The Morgan fingerprint density at radius 1 is 1.36 bits per heavy atom. The second-order valence-corrected chi connectivity index (χ2v) is 2.89. The SMILES string of the molecule is Cc1ccc(-c2n[c]ncn2)c(F)c1. The van der Waals surface area contributed by atoms with E-state index in [-0.39, 0.29) is 5.82 Å². The lowest BCUT2D eigenvalue weighted by Crippen LogP contribution is -1.92. The third kappa shape index (κ3) is 1.59. The highest BCUT2D eigenvalue weighted by Gasteiger charge is 2.06. The fraction of sp³-hybridized carbons (Fsp3) is 0.100. The van der Waals surface area contributed by atoms with Crippen molar-refractivity contribution in [2.24, 2.45) is 0 Å². The largest absolute Gasteiger partial charge is 0.216 e. The second kappa shape index (κ2) is 3.49. The molecule has 0 saturated heterocycles. The first-order valence-electron chi connectivity index (χ1n) is 4.09. The van der Waals surface area contributed by atoms with Crippen molar-refractivity contribution in [3.05, 3.63) is 42.2 Å². The number of rotatable bonds is 1. The van der Waals surface area contributed by atoms with Gasteiger partial charge in [0.25, 0.3) is 0 Å². The van der Waals surface area contributed by atoms with E-state index in [0.29, 0.717) is 11.4 Å². The van der Waals surface area contributed by atoms with E-state index in [9.17, 15) is 4.39 Å². The molecule has 0 atom stereocenters. The third-order valence-corrected chi connectivity index (χ3v) is 1.82. The summed E-state index contributed by atoms with van der Waals surface area (Å²) < 4.78 is 13.4. The van der Waals surface area contributed by atoms with Gasteiger partial charge in [-0.1, -0.05) is 6.07 Å². The van der Waals surface area contributed by atoms with E-state index in [1.54, 1.807) is 6.07 Å². The van der Waals surface area contributed by atoms with Gasteiger partial charge in [-0.2, -0.15) is 0 Å². The Morgan fingerprint density at radius 3 is 2.86 bits per heavy atom. The Morgan fingerprint density at radius 2 is 2.21 bits per heavy atom. The van der Waals surface area contributed by atoms with Gasteiger partial charge < -0.3 is 0 Å². The minimum absolute atomic E-state index is 0.303. The minimum Gasteiger partial charge on any atom is -0.216 e. The van der Waals surface area contributed by atoms with Crippen molar-refractivity contribution < 1.29 is 4.39 Å². The molecule has 69 valence electrons. The maximum Gasteiger partial charge on any atom is 0.201 e. The van der Waals surface area contributed by atoms with Gasteiger partial charge in [-0.25, -0.2) is 19.3 Å². The highest BCUT2D eigenvalue weighted by atomic mass is 19.1. The molecule has 0 bridgehead atoms. The molecule has 1 heterocycles. The zero-order valence-electron chi connectivity index (χ0n) is 7.53. The fourth-order valence-electron chi connectivity index (χ4n) is 1.15. The van der Waals surface area contributed by atoms with Crippen molar-refractivity contribution in [3.63, 3.8) is 0 Å². The molecule has 1 aromatic carbocycles. The highest BCUT2D eigenvalue weighted by molar-refractivity contribution is 5.55. The Bertz CT molecular complexity index is 442. The van der Waals surface area contributed by atoms with E-state index in [2.05, 4.69) is 21.3 Å². The zero-order chi connectivity index (χ0) is 9.97. The fourth-order valence-corrected chi connectivity index (χ4v) is 1.15. The molecule has 0 fully saturated rings. The minimum atomic E-state index is -0.329. The number of hydrogen-bond acceptors (Lipinski definition) is 3. The van der Waals surface area contributed by atoms with Gasteiger partial charge in [-0.3, -0.25) is 0 Å². The molecule has 4 heteroatoms. The molecule has 2 rings (SSSR count). The van der Waals surface area contributed by atoms with Crippen molar-refractivity contribution in [2.75, 3.05) is 0 Å². The van der Waals surface area contributed by atoms with E-state index < -0.39 is 0 Å². The van der Waals surface area contributed by atoms with Crippen molar-refractivity contribution in [1.29, 1.82) is 0 Å². The van der Waals surface area contributed by atoms with Gasteiger partial charge in [-0.05, 0) is 24.6 Å². The summed E-state index contributed by atoms with van der Waals surface area (Å²) in [7, 11) is 0. The van der Waals surface area contributed by atoms with Gasteiger partial charge >= 0.3 is 0 Å². The maximum absolute atomic E-state index is 13.4. The summed E-state index contributed by atoms with van der Waals surface area (Å²) in [5.74, 6) is -0.0258. The van der Waals surface area contributed by atoms with Crippen molar-refractivity contribution in [3.8, 4) is 11.4 Å². The number of aryl methyl sites for hydroxylation is 1. The number of nitrogens with zero attached hydrogens (tertiary/aromatic N) is 3. The zero-order valence-corrected chi connectivity index (χ0v) is 7.53. The van der Waals surface area contributed by atoms with Crippen LogP contribution in [0.15, 0.2) is 24.5 Å². The van der Waals surface area contributed by atoms with E-state index in [0.717, 1.165) is 5.56 Å². The van der Waals surface area contributed by atoms with E-state index >= 15 is 0 Å².